The van der Waals surface area contributed by atoms with E-state index in [1.807, 2.05) is 48.5 Å². The summed E-state index contributed by atoms with van der Waals surface area (Å²) in [6.45, 7) is 1.04. The van der Waals surface area contributed by atoms with Gasteiger partial charge in [0.25, 0.3) is 5.91 Å². The number of hydrogen-bond acceptors (Lipinski definition) is 4. The van der Waals surface area contributed by atoms with Crippen LogP contribution in [0.25, 0.3) is 0 Å². The third-order valence-electron chi connectivity index (χ3n) is 5.31. The van der Waals surface area contributed by atoms with E-state index in [9.17, 15) is 13.2 Å². The Labute approximate surface area is 176 Å². The Morgan fingerprint density at radius 3 is 2.43 bits per heavy atom. The summed E-state index contributed by atoms with van der Waals surface area (Å²) >= 11 is 0. The van der Waals surface area contributed by atoms with Crippen molar-refractivity contribution in [2.24, 2.45) is 7.05 Å². The third-order valence-corrected chi connectivity index (χ3v) is 7.17. The first-order valence-corrected chi connectivity index (χ1v) is 11.3. The summed E-state index contributed by atoms with van der Waals surface area (Å²) in [6, 6.07) is 16.1. The van der Waals surface area contributed by atoms with Gasteiger partial charge in [0.2, 0.25) is 10.0 Å². The van der Waals surface area contributed by atoms with Crippen molar-refractivity contribution >= 4 is 15.9 Å². The number of amides is 1. The van der Waals surface area contributed by atoms with Crippen LogP contribution in [0, 0.1) is 0 Å². The van der Waals surface area contributed by atoms with Crippen LogP contribution >= 0.6 is 0 Å². The summed E-state index contributed by atoms with van der Waals surface area (Å²) in [6.07, 6.45) is 4.91. The van der Waals surface area contributed by atoms with Gasteiger partial charge in [0.15, 0.2) is 0 Å². The molecular formula is C22H24N4O3S. The number of aromatic nitrogens is 2. The van der Waals surface area contributed by atoms with Gasteiger partial charge in [-0.15, -0.1) is 0 Å². The lowest BCUT2D eigenvalue weighted by atomic mass is 10.0. The maximum Gasteiger partial charge on any atom is 0.268 e. The summed E-state index contributed by atoms with van der Waals surface area (Å²) in [7, 11) is -1.91. The van der Waals surface area contributed by atoms with Crippen LogP contribution in [-0.2, 0) is 17.1 Å². The first kappa shape index (κ1) is 20.3. The predicted molar refractivity (Wildman–Crippen MR) is 113 cm³/mol. The maximum absolute atomic E-state index is 13.1. The second-order valence-corrected chi connectivity index (χ2v) is 9.29. The van der Waals surface area contributed by atoms with E-state index in [1.54, 1.807) is 17.8 Å². The van der Waals surface area contributed by atoms with Crippen LogP contribution in [0.15, 0.2) is 71.9 Å². The molecule has 2 aromatic heterocycles. The molecule has 0 spiro atoms. The molecule has 0 bridgehead atoms. The van der Waals surface area contributed by atoms with E-state index in [2.05, 4.69) is 10.3 Å². The fourth-order valence-electron chi connectivity index (χ4n) is 3.70. The van der Waals surface area contributed by atoms with Crippen molar-refractivity contribution < 1.29 is 13.2 Å². The standard InChI is InChI=1S/C22H24N4O3S/c1-25-16-18(30(28,29)26-13-7-8-14-26)15-20(25)22(27)24-21(17-9-3-2-4-10-17)19-11-5-6-12-23-19/h2-6,9-12,15-16,21H,7-8,13-14H2,1H3,(H,24,27). The number of nitrogens with one attached hydrogen (secondary N) is 1. The highest BCUT2D eigenvalue weighted by Crippen LogP contribution is 2.24. The zero-order valence-electron chi connectivity index (χ0n) is 16.7. The molecule has 1 amide bonds. The summed E-state index contributed by atoms with van der Waals surface area (Å²) in [5, 5.41) is 3.01. The molecule has 156 valence electrons. The Kier molecular flexibility index (Phi) is 5.69. The number of carbonyl (C=O) groups excluding carboxylic acids is 1. The molecule has 1 N–H and O–H groups in total. The van der Waals surface area contributed by atoms with Crippen molar-refractivity contribution in [3.63, 3.8) is 0 Å². The van der Waals surface area contributed by atoms with Crippen molar-refractivity contribution in [2.75, 3.05) is 13.1 Å². The van der Waals surface area contributed by atoms with E-state index >= 15 is 0 Å². The Bertz CT molecular complexity index is 1080. The molecule has 1 saturated heterocycles. The first-order chi connectivity index (χ1) is 14.5. The molecule has 3 aromatic rings. The summed E-state index contributed by atoms with van der Waals surface area (Å²) in [5.41, 5.74) is 1.88. The van der Waals surface area contributed by atoms with Gasteiger partial charge in [-0.1, -0.05) is 36.4 Å². The van der Waals surface area contributed by atoms with Gasteiger partial charge >= 0.3 is 0 Å². The van der Waals surface area contributed by atoms with Crippen LogP contribution in [0.5, 0.6) is 0 Å². The maximum atomic E-state index is 13.1. The van der Waals surface area contributed by atoms with E-state index in [4.69, 9.17) is 0 Å². The van der Waals surface area contributed by atoms with Crippen LogP contribution in [-0.4, -0.2) is 41.3 Å². The van der Waals surface area contributed by atoms with E-state index in [0.29, 0.717) is 18.8 Å². The number of aryl methyl sites for hydroxylation is 1. The highest BCUT2D eigenvalue weighted by molar-refractivity contribution is 7.89. The van der Waals surface area contributed by atoms with Gasteiger partial charge in [0.05, 0.1) is 11.7 Å². The molecule has 8 heteroatoms. The quantitative estimate of drug-likeness (QED) is 0.659. The topological polar surface area (TPSA) is 84.3 Å². The second-order valence-electron chi connectivity index (χ2n) is 7.35. The van der Waals surface area contributed by atoms with Crippen LogP contribution < -0.4 is 5.32 Å². The monoisotopic (exact) mass is 424 g/mol. The minimum absolute atomic E-state index is 0.145. The average Bonchev–Trinajstić information content (AvgIpc) is 3.44. The lowest BCUT2D eigenvalue weighted by molar-refractivity contribution is 0.0934. The van der Waals surface area contributed by atoms with Gasteiger partial charge in [-0.2, -0.15) is 4.31 Å². The molecule has 0 saturated carbocycles. The molecule has 0 radical (unpaired) electrons. The van der Waals surface area contributed by atoms with E-state index in [0.717, 1.165) is 18.4 Å². The molecule has 1 aromatic carbocycles. The second kappa shape index (κ2) is 8.41. The number of benzene rings is 1. The van der Waals surface area contributed by atoms with E-state index in [-0.39, 0.29) is 16.5 Å². The van der Waals surface area contributed by atoms with Crippen LogP contribution in [0.3, 0.4) is 0 Å². The van der Waals surface area contributed by atoms with Gasteiger partial charge in [0, 0.05) is 32.5 Å². The van der Waals surface area contributed by atoms with Gasteiger partial charge in [-0.05, 0) is 36.6 Å². The lowest BCUT2D eigenvalue weighted by Gasteiger charge is -2.19. The minimum Gasteiger partial charge on any atom is -0.345 e. The molecule has 3 heterocycles. The number of rotatable bonds is 6. The van der Waals surface area contributed by atoms with Gasteiger partial charge in [-0.25, -0.2) is 8.42 Å². The molecule has 1 aliphatic heterocycles. The normalized spacial score (nSPS) is 15.8. The lowest BCUT2D eigenvalue weighted by Crippen LogP contribution is -2.31. The Hall–Kier alpha value is -2.97. The van der Waals surface area contributed by atoms with Crippen LogP contribution in [0.2, 0.25) is 0 Å². The summed E-state index contributed by atoms with van der Waals surface area (Å²) in [5.74, 6) is -0.361. The van der Waals surface area contributed by atoms with Crippen molar-refractivity contribution in [1.82, 2.24) is 19.2 Å². The average molecular weight is 425 g/mol. The van der Waals surface area contributed by atoms with E-state index in [1.165, 1.54) is 16.6 Å². The highest BCUT2D eigenvalue weighted by atomic mass is 32.2. The predicted octanol–water partition coefficient (Wildman–Crippen LogP) is 2.72. The van der Waals surface area contributed by atoms with Crippen molar-refractivity contribution in [2.45, 2.75) is 23.8 Å². The fraction of sp³-hybridized carbons (Fsp3) is 0.273. The van der Waals surface area contributed by atoms with Crippen LogP contribution in [0.4, 0.5) is 0 Å². The van der Waals surface area contributed by atoms with Crippen molar-refractivity contribution in [3.05, 3.63) is 83.9 Å². The number of sulfonamides is 1. The van der Waals surface area contributed by atoms with Gasteiger partial charge < -0.3 is 9.88 Å². The number of pyridine rings is 1. The van der Waals surface area contributed by atoms with E-state index < -0.39 is 16.1 Å². The zero-order valence-corrected chi connectivity index (χ0v) is 17.5. The molecule has 0 aliphatic carbocycles. The molecule has 1 fully saturated rings. The molecule has 30 heavy (non-hydrogen) atoms. The zero-order chi connectivity index (χ0) is 21.1. The minimum atomic E-state index is -3.59. The largest absolute Gasteiger partial charge is 0.345 e. The highest BCUT2D eigenvalue weighted by Gasteiger charge is 2.30. The molecule has 1 atom stereocenters. The van der Waals surface area contributed by atoms with Gasteiger partial charge in [-0.3, -0.25) is 9.78 Å². The molecule has 1 unspecified atom stereocenters. The molecule has 1 aliphatic rings. The first-order valence-electron chi connectivity index (χ1n) is 9.90. The molecule has 7 nitrogen and oxygen atoms in total. The molecular weight excluding hydrogens is 400 g/mol. The fourth-order valence-corrected chi connectivity index (χ4v) is 5.29. The summed E-state index contributed by atoms with van der Waals surface area (Å²) in [4.78, 5) is 17.7. The van der Waals surface area contributed by atoms with Crippen molar-refractivity contribution in [1.29, 1.82) is 0 Å². The molecule has 4 rings (SSSR count). The number of nitrogens with zero attached hydrogens (tertiary/aromatic N) is 3. The Balaban J connectivity index is 1.63. The smallest absolute Gasteiger partial charge is 0.268 e. The Morgan fingerprint density at radius 2 is 1.77 bits per heavy atom. The third kappa shape index (κ3) is 4.01. The summed E-state index contributed by atoms with van der Waals surface area (Å²) < 4.78 is 28.7. The Morgan fingerprint density at radius 1 is 1.07 bits per heavy atom. The number of carbonyl (C=O) groups is 1. The SMILES string of the molecule is Cn1cc(S(=O)(=O)N2CCCC2)cc1C(=O)NC(c1ccccc1)c1ccccn1. The van der Waals surface area contributed by atoms with Gasteiger partial charge in [0.1, 0.15) is 10.6 Å². The van der Waals surface area contributed by atoms with Crippen LogP contribution in [0.1, 0.15) is 40.6 Å². The van der Waals surface area contributed by atoms with Crippen molar-refractivity contribution in [3.8, 4) is 0 Å². The number of hydrogen-bond donors (Lipinski definition) is 1.